The minimum atomic E-state index is -0.443. The molecule has 0 aromatic carbocycles. The zero-order valence-corrected chi connectivity index (χ0v) is 10.9. The molecular formula is C11H16BrNO2. The van der Waals surface area contributed by atoms with Gasteiger partial charge in [0, 0.05) is 27.9 Å². The molecule has 0 aromatic rings. The van der Waals surface area contributed by atoms with E-state index in [9.17, 15) is 4.79 Å². The van der Waals surface area contributed by atoms with E-state index in [1.165, 1.54) is 0 Å². The molecule has 4 heteroatoms. The van der Waals surface area contributed by atoms with Crippen molar-refractivity contribution in [2.45, 2.75) is 39.2 Å². The van der Waals surface area contributed by atoms with Crippen LogP contribution in [0, 0.1) is 16.2 Å². The molecular weight excluding hydrogens is 258 g/mol. The molecule has 3 nitrogen and oxygen atoms in total. The van der Waals surface area contributed by atoms with Gasteiger partial charge >= 0.3 is 6.09 Å². The summed E-state index contributed by atoms with van der Waals surface area (Å²) in [7, 11) is 0. The molecule has 1 aliphatic rings. The topological polar surface area (TPSA) is 38.3 Å². The minimum Gasteiger partial charge on any atom is -0.444 e. The van der Waals surface area contributed by atoms with Crippen LogP contribution in [0.2, 0.25) is 0 Å². The first-order valence-electron chi connectivity index (χ1n) is 4.97. The van der Waals surface area contributed by atoms with Gasteiger partial charge in [0.15, 0.2) is 0 Å². The molecule has 0 atom stereocenters. The van der Waals surface area contributed by atoms with E-state index in [0.29, 0.717) is 6.54 Å². The van der Waals surface area contributed by atoms with E-state index >= 15 is 0 Å². The van der Waals surface area contributed by atoms with Crippen LogP contribution in [0.3, 0.4) is 0 Å². The fraction of sp³-hybridized carbons (Fsp3) is 0.727. The van der Waals surface area contributed by atoms with E-state index in [1.54, 1.807) is 0 Å². The molecule has 1 N–H and O–H groups in total. The first kappa shape index (κ1) is 12.4. The van der Waals surface area contributed by atoms with E-state index in [2.05, 4.69) is 32.0 Å². The van der Waals surface area contributed by atoms with Gasteiger partial charge in [0.2, 0.25) is 0 Å². The molecule has 0 aliphatic heterocycles. The second-order valence-electron chi connectivity index (χ2n) is 4.86. The highest BCUT2D eigenvalue weighted by Gasteiger charge is 2.41. The van der Waals surface area contributed by atoms with Gasteiger partial charge in [0.25, 0.3) is 0 Å². The summed E-state index contributed by atoms with van der Waals surface area (Å²) in [5.41, 5.74) is -0.456. The Morgan fingerprint density at radius 3 is 2.53 bits per heavy atom. The summed E-state index contributed by atoms with van der Waals surface area (Å²) >= 11 is 3.08. The van der Waals surface area contributed by atoms with Crippen LogP contribution in [0.15, 0.2) is 0 Å². The fourth-order valence-corrected chi connectivity index (χ4v) is 1.57. The molecule has 1 aliphatic carbocycles. The van der Waals surface area contributed by atoms with E-state index in [-0.39, 0.29) is 11.5 Å². The first-order valence-corrected chi connectivity index (χ1v) is 5.76. The molecule has 1 rings (SSSR count). The summed E-state index contributed by atoms with van der Waals surface area (Å²) in [6.45, 7) is 6.10. The van der Waals surface area contributed by atoms with Crippen molar-refractivity contribution in [3.63, 3.8) is 0 Å². The van der Waals surface area contributed by atoms with E-state index in [0.717, 1.165) is 12.8 Å². The quantitative estimate of drug-likeness (QED) is 0.786. The smallest absolute Gasteiger partial charge is 0.407 e. The molecule has 0 heterocycles. The van der Waals surface area contributed by atoms with Crippen LogP contribution in [-0.2, 0) is 4.74 Å². The molecule has 0 radical (unpaired) electrons. The lowest BCUT2D eigenvalue weighted by atomic mass is 10.1. The third-order valence-corrected chi connectivity index (χ3v) is 2.33. The molecule has 1 saturated carbocycles. The summed E-state index contributed by atoms with van der Waals surface area (Å²) < 4.78 is 5.13. The number of rotatable bonds is 2. The number of amides is 1. The number of hydrogen-bond acceptors (Lipinski definition) is 2. The van der Waals surface area contributed by atoms with E-state index in [4.69, 9.17) is 4.74 Å². The molecule has 0 unspecified atom stereocenters. The summed E-state index contributed by atoms with van der Waals surface area (Å²) in [6, 6.07) is 0. The molecule has 0 saturated heterocycles. The van der Waals surface area contributed by atoms with Gasteiger partial charge in [-0.1, -0.05) is 5.92 Å². The van der Waals surface area contributed by atoms with Crippen LogP contribution < -0.4 is 5.32 Å². The largest absolute Gasteiger partial charge is 0.444 e. The van der Waals surface area contributed by atoms with Crippen molar-refractivity contribution in [1.29, 1.82) is 0 Å². The molecule has 0 aromatic heterocycles. The van der Waals surface area contributed by atoms with E-state index < -0.39 is 5.60 Å². The zero-order valence-electron chi connectivity index (χ0n) is 9.32. The average Bonchev–Trinajstić information content (AvgIpc) is 2.80. The number of carbonyl (C=O) groups is 1. The van der Waals surface area contributed by atoms with Crippen LogP contribution >= 0.6 is 15.9 Å². The standard InChI is InChI=1S/C11H16BrNO2/c1-10(2,3)15-9(14)13-8-11(4-5-11)6-7-12/h4-5,8H2,1-3H3,(H,13,14). The number of halogens is 1. The van der Waals surface area contributed by atoms with Crippen molar-refractivity contribution in [3.05, 3.63) is 0 Å². The van der Waals surface area contributed by atoms with Crippen LogP contribution in [0.25, 0.3) is 0 Å². The highest BCUT2D eigenvalue weighted by atomic mass is 79.9. The lowest BCUT2D eigenvalue weighted by Crippen LogP contribution is -2.35. The summed E-state index contributed by atoms with van der Waals surface area (Å²) in [5.74, 6) is 3.05. The van der Waals surface area contributed by atoms with Crippen LogP contribution in [0.5, 0.6) is 0 Å². The molecule has 15 heavy (non-hydrogen) atoms. The number of ether oxygens (including phenoxy) is 1. The first-order chi connectivity index (χ1) is 6.87. The third kappa shape index (κ3) is 4.57. The maximum atomic E-state index is 11.3. The summed E-state index contributed by atoms with van der Waals surface area (Å²) in [4.78, 5) is 14.1. The van der Waals surface area contributed by atoms with Crippen molar-refractivity contribution in [1.82, 2.24) is 5.32 Å². The highest BCUT2D eigenvalue weighted by molar-refractivity contribution is 9.12. The maximum absolute atomic E-state index is 11.3. The van der Waals surface area contributed by atoms with Crippen molar-refractivity contribution >= 4 is 22.0 Å². The van der Waals surface area contributed by atoms with Gasteiger partial charge in [-0.2, -0.15) is 0 Å². The second kappa shape index (κ2) is 4.44. The molecule has 0 bridgehead atoms. The minimum absolute atomic E-state index is 0.0135. The normalized spacial score (nSPS) is 17.3. The Hall–Kier alpha value is -0.690. The van der Waals surface area contributed by atoms with Gasteiger partial charge in [-0.15, -0.1) is 0 Å². The summed E-state index contributed by atoms with van der Waals surface area (Å²) in [5, 5.41) is 2.74. The molecule has 1 amide bonds. The third-order valence-electron chi connectivity index (χ3n) is 2.14. The van der Waals surface area contributed by atoms with Crippen molar-refractivity contribution in [3.8, 4) is 10.8 Å². The Balaban J connectivity index is 2.31. The monoisotopic (exact) mass is 273 g/mol. The van der Waals surface area contributed by atoms with Gasteiger partial charge in [-0.25, -0.2) is 4.79 Å². The lowest BCUT2D eigenvalue weighted by molar-refractivity contribution is 0.0521. The average molecular weight is 274 g/mol. The SMILES string of the molecule is CC(C)(C)OC(=O)NCC1(C#CBr)CC1. The van der Waals surface area contributed by atoms with Crippen molar-refractivity contribution < 1.29 is 9.53 Å². The number of hydrogen-bond donors (Lipinski definition) is 1. The molecule has 0 spiro atoms. The van der Waals surface area contributed by atoms with Gasteiger partial charge in [0.1, 0.15) is 5.60 Å². The van der Waals surface area contributed by atoms with Gasteiger partial charge < -0.3 is 10.1 Å². The van der Waals surface area contributed by atoms with Crippen molar-refractivity contribution in [2.24, 2.45) is 5.41 Å². The number of nitrogens with one attached hydrogen (secondary N) is 1. The Morgan fingerprint density at radius 1 is 1.53 bits per heavy atom. The Morgan fingerprint density at radius 2 is 2.13 bits per heavy atom. The summed E-state index contributed by atoms with van der Waals surface area (Å²) in [6.07, 6.45) is 1.72. The number of carbonyl (C=O) groups excluding carboxylic acids is 1. The number of alkyl carbamates (subject to hydrolysis) is 1. The predicted molar refractivity (Wildman–Crippen MR) is 62.6 cm³/mol. The van der Waals surface area contributed by atoms with E-state index in [1.807, 2.05) is 20.8 Å². The maximum Gasteiger partial charge on any atom is 0.407 e. The van der Waals surface area contributed by atoms with Gasteiger partial charge in [-0.05, 0) is 38.4 Å². The zero-order chi connectivity index (χ0) is 11.5. The van der Waals surface area contributed by atoms with Gasteiger partial charge in [-0.3, -0.25) is 0 Å². The predicted octanol–water partition coefficient (Wildman–Crippen LogP) is 2.65. The molecule has 1 fully saturated rings. The molecule has 84 valence electrons. The van der Waals surface area contributed by atoms with Crippen LogP contribution in [0.1, 0.15) is 33.6 Å². The lowest BCUT2D eigenvalue weighted by Gasteiger charge is -2.20. The second-order valence-corrected chi connectivity index (χ2v) is 5.25. The van der Waals surface area contributed by atoms with Gasteiger partial charge in [0.05, 0.1) is 0 Å². The van der Waals surface area contributed by atoms with Crippen molar-refractivity contribution in [2.75, 3.05) is 6.54 Å². The Labute approximate surface area is 99.1 Å². The highest BCUT2D eigenvalue weighted by Crippen LogP contribution is 2.44. The van der Waals surface area contributed by atoms with Crippen LogP contribution in [0.4, 0.5) is 4.79 Å². The Bertz CT molecular complexity index is 305. The Kier molecular flexibility index (Phi) is 3.67. The van der Waals surface area contributed by atoms with Crippen LogP contribution in [-0.4, -0.2) is 18.2 Å². The fourth-order valence-electron chi connectivity index (χ4n) is 1.15.